The molecule has 2 aliphatic rings. The predicted octanol–water partition coefficient (Wildman–Crippen LogP) is 6.04. The Morgan fingerprint density at radius 3 is 2.38 bits per heavy atom. The molecule has 1 atom stereocenters. The normalized spacial score (nSPS) is 16.5. The van der Waals surface area contributed by atoms with Crippen molar-refractivity contribution < 1.29 is 49.5 Å². The summed E-state index contributed by atoms with van der Waals surface area (Å²) in [5.41, 5.74) is -3.99. The molecule has 0 bridgehead atoms. The molecule has 16 heteroatoms. The minimum atomic E-state index is -5.02. The summed E-state index contributed by atoms with van der Waals surface area (Å²) in [6.07, 6.45) is -9.83. The number of nitrogens with one attached hydrogen (secondary N) is 3. The number of hydrogen-bond acceptors (Lipinski definition) is 4. The van der Waals surface area contributed by atoms with Crippen LogP contribution in [0.2, 0.25) is 5.02 Å². The minimum absolute atomic E-state index is 0.0430. The fourth-order valence-electron chi connectivity index (χ4n) is 4.82. The summed E-state index contributed by atoms with van der Waals surface area (Å²) in [7, 11) is 0. The van der Waals surface area contributed by atoms with Gasteiger partial charge in [0.05, 0.1) is 35.1 Å². The van der Waals surface area contributed by atoms with Gasteiger partial charge < -0.3 is 20.9 Å². The first-order chi connectivity index (χ1) is 19.5. The molecule has 0 aliphatic carbocycles. The van der Waals surface area contributed by atoms with Crippen molar-refractivity contribution in [3.05, 3.63) is 86.9 Å². The summed E-state index contributed by atoms with van der Waals surface area (Å²) in [6, 6.07) is 3.79. The highest BCUT2D eigenvalue weighted by atomic mass is 35.5. The lowest BCUT2D eigenvalue weighted by Crippen LogP contribution is -2.43. The van der Waals surface area contributed by atoms with Gasteiger partial charge in [-0.2, -0.15) is 26.3 Å². The van der Waals surface area contributed by atoms with Gasteiger partial charge >= 0.3 is 12.4 Å². The molecule has 2 aliphatic heterocycles. The van der Waals surface area contributed by atoms with Crippen molar-refractivity contribution in [3.8, 4) is 0 Å². The van der Waals surface area contributed by atoms with Crippen molar-refractivity contribution in [2.45, 2.75) is 18.4 Å². The lowest BCUT2D eigenvalue weighted by Gasteiger charge is -2.33. The number of amides is 3. The summed E-state index contributed by atoms with van der Waals surface area (Å²) >= 11 is 6.23. The molecule has 0 saturated heterocycles. The van der Waals surface area contributed by atoms with Crippen LogP contribution in [-0.2, 0) is 11.0 Å². The number of nitrogens with zero attached hydrogens (tertiary/aromatic N) is 1. The zero-order chi connectivity index (χ0) is 30.7. The molecule has 3 amide bonds. The second kappa shape index (κ2) is 10.2. The monoisotopic (exact) mass is 618 g/mol. The first kappa shape index (κ1) is 29.1. The second-order valence-corrected chi connectivity index (χ2v) is 9.79. The summed E-state index contributed by atoms with van der Waals surface area (Å²) in [6.45, 7) is -2.43. The lowest BCUT2D eigenvalue weighted by atomic mass is 9.93. The molecule has 3 N–H and O–H groups in total. The lowest BCUT2D eigenvalue weighted by molar-refractivity contribution is -0.137. The maximum absolute atomic E-state index is 14.2. The maximum Gasteiger partial charge on any atom is 0.416 e. The smallest absolute Gasteiger partial charge is 0.351 e. The maximum atomic E-state index is 14.2. The number of hydrogen-bond donors (Lipinski definition) is 3. The van der Waals surface area contributed by atoms with E-state index in [1.807, 2.05) is 0 Å². The van der Waals surface area contributed by atoms with E-state index in [9.17, 15) is 49.5 Å². The molecule has 0 spiro atoms. The molecule has 5 rings (SSSR count). The Hall–Kier alpha value is -4.40. The van der Waals surface area contributed by atoms with Gasteiger partial charge in [0.25, 0.3) is 11.8 Å². The Labute approximate surface area is 235 Å². The van der Waals surface area contributed by atoms with E-state index in [0.29, 0.717) is 17.0 Å². The third kappa shape index (κ3) is 5.55. The number of carbonyl (C=O) groups excluding carboxylic acids is 3. The van der Waals surface area contributed by atoms with E-state index in [2.05, 4.69) is 16.0 Å². The largest absolute Gasteiger partial charge is 0.416 e. The Morgan fingerprint density at radius 1 is 1.00 bits per heavy atom. The van der Waals surface area contributed by atoms with Gasteiger partial charge in [-0.15, -0.1) is 0 Å². The van der Waals surface area contributed by atoms with Gasteiger partial charge in [0.1, 0.15) is 18.2 Å². The van der Waals surface area contributed by atoms with Gasteiger partial charge in [0, 0.05) is 27.4 Å². The van der Waals surface area contributed by atoms with Gasteiger partial charge in [0.15, 0.2) is 0 Å². The molecule has 7 nitrogen and oxygen atoms in total. The number of carbonyl (C=O) groups is 3. The third-order valence-corrected chi connectivity index (χ3v) is 6.80. The number of benzene rings is 3. The van der Waals surface area contributed by atoms with Crippen LogP contribution >= 0.6 is 11.6 Å². The second-order valence-electron chi connectivity index (χ2n) is 9.38. The van der Waals surface area contributed by atoms with E-state index >= 15 is 0 Å². The van der Waals surface area contributed by atoms with Crippen LogP contribution < -0.4 is 20.9 Å². The predicted molar refractivity (Wildman–Crippen MR) is 133 cm³/mol. The average molecular weight is 619 g/mol. The fourth-order valence-corrected chi connectivity index (χ4v) is 5.04. The summed E-state index contributed by atoms with van der Waals surface area (Å²) in [4.78, 5) is 39.3. The molecule has 0 radical (unpaired) electrons. The Balaban J connectivity index is 1.71. The molecule has 3 aromatic carbocycles. The van der Waals surface area contributed by atoms with Gasteiger partial charge in [0.2, 0.25) is 5.91 Å². The van der Waals surface area contributed by atoms with Crippen molar-refractivity contribution in [3.63, 3.8) is 0 Å². The van der Waals surface area contributed by atoms with E-state index in [1.165, 1.54) is 0 Å². The van der Waals surface area contributed by atoms with E-state index < -0.39 is 83.2 Å². The molecular weight excluding hydrogens is 604 g/mol. The topological polar surface area (TPSA) is 90.5 Å². The first-order valence-corrected chi connectivity index (χ1v) is 12.2. The number of halogens is 9. The van der Waals surface area contributed by atoms with Crippen LogP contribution in [-0.4, -0.2) is 37.0 Å². The SMILES string of the molecule is O=C1CN(CC(F)(F)F)c2cc(NC(=O)c3cc(F)cc(C(F)(F)F)c3)c3c(c2N1)C(=O)NC3c1cc(F)ccc1Cl. The van der Waals surface area contributed by atoms with Crippen LogP contribution in [0.3, 0.4) is 0 Å². The quantitative estimate of drug-likeness (QED) is 0.311. The highest BCUT2D eigenvalue weighted by molar-refractivity contribution is 6.31. The highest BCUT2D eigenvalue weighted by Crippen LogP contribution is 2.48. The molecule has 220 valence electrons. The van der Waals surface area contributed by atoms with Gasteiger partial charge in [-0.05, 0) is 42.5 Å². The summed E-state index contributed by atoms with van der Waals surface area (Å²) in [5, 5.41) is 7.00. The first-order valence-electron chi connectivity index (χ1n) is 11.8. The van der Waals surface area contributed by atoms with Gasteiger partial charge in [-0.1, -0.05) is 11.6 Å². The van der Waals surface area contributed by atoms with E-state index in [1.54, 1.807) is 0 Å². The Morgan fingerprint density at radius 2 is 1.71 bits per heavy atom. The zero-order valence-electron chi connectivity index (χ0n) is 20.6. The zero-order valence-corrected chi connectivity index (χ0v) is 21.4. The number of alkyl halides is 6. The summed E-state index contributed by atoms with van der Waals surface area (Å²) in [5.74, 6) is -5.34. The van der Waals surface area contributed by atoms with Crippen molar-refractivity contribution in [2.75, 3.05) is 28.6 Å². The molecule has 1 unspecified atom stereocenters. The molecule has 0 aromatic heterocycles. The van der Waals surface area contributed by atoms with E-state index in [-0.39, 0.29) is 33.6 Å². The van der Waals surface area contributed by atoms with Crippen molar-refractivity contribution in [2.24, 2.45) is 0 Å². The van der Waals surface area contributed by atoms with Gasteiger partial charge in [-0.25, -0.2) is 8.78 Å². The van der Waals surface area contributed by atoms with Gasteiger partial charge in [-0.3, -0.25) is 14.4 Å². The Kier molecular flexibility index (Phi) is 7.03. The van der Waals surface area contributed by atoms with Crippen LogP contribution in [0.25, 0.3) is 0 Å². The fraction of sp³-hybridized carbons (Fsp3) is 0.192. The summed E-state index contributed by atoms with van der Waals surface area (Å²) < 4.78 is 108. The van der Waals surface area contributed by atoms with Crippen LogP contribution in [0.5, 0.6) is 0 Å². The molecular formula is C26H15ClF8N4O3. The van der Waals surface area contributed by atoms with E-state index in [0.717, 1.165) is 24.3 Å². The third-order valence-electron chi connectivity index (χ3n) is 6.45. The van der Waals surface area contributed by atoms with Crippen LogP contribution in [0.15, 0.2) is 42.5 Å². The Bertz CT molecular complexity index is 1660. The average Bonchev–Trinajstić information content (AvgIpc) is 3.21. The molecule has 42 heavy (non-hydrogen) atoms. The molecule has 0 fully saturated rings. The van der Waals surface area contributed by atoms with Crippen molar-refractivity contribution in [1.29, 1.82) is 0 Å². The van der Waals surface area contributed by atoms with Crippen LogP contribution in [0.1, 0.15) is 43.4 Å². The number of fused-ring (bicyclic) bond motifs is 3. The van der Waals surface area contributed by atoms with Crippen molar-refractivity contribution in [1.82, 2.24) is 5.32 Å². The minimum Gasteiger partial charge on any atom is -0.351 e. The standard InChI is InChI=1S/C26H15ClF8N4O3/c27-15-2-1-12(28)6-14(15)21-19-16(36-23(41)10-3-11(26(33,34)35)5-13(29)4-10)7-17-22(20(19)24(42)38-21)37-18(40)8-39(17)9-25(30,31)32/h1-7,21H,8-9H2,(H,36,41)(H,37,40)(H,38,42). The number of rotatable bonds is 4. The van der Waals surface area contributed by atoms with E-state index in [4.69, 9.17) is 11.6 Å². The van der Waals surface area contributed by atoms with Crippen LogP contribution in [0.4, 0.5) is 52.2 Å². The molecule has 0 saturated carbocycles. The molecule has 3 aromatic rings. The highest BCUT2D eigenvalue weighted by Gasteiger charge is 2.42. The number of anilines is 3. The molecule has 2 heterocycles. The van der Waals surface area contributed by atoms with Crippen LogP contribution in [0, 0.1) is 11.6 Å². The van der Waals surface area contributed by atoms with Crippen molar-refractivity contribution >= 4 is 46.4 Å².